The molecule has 34 heavy (non-hydrogen) atoms. The van der Waals surface area contributed by atoms with Crippen molar-refractivity contribution in [1.29, 1.82) is 0 Å². The van der Waals surface area contributed by atoms with Crippen molar-refractivity contribution in [3.8, 4) is 22.9 Å². The predicted octanol–water partition coefficient (Wildman–Crippen LogP) is 6.00. The monoisotopic (exact) mass is 474 g/mol. The topological polar surface area (TPSA) is 73.6 Å². The first-order valence-corrected chi connectivity index (χ1v) is 10.6. The molecule has 9 heteroatoms. The van der Waals surface area contributed by atoms with Crippen LogP contribution in [0.5, 0.6) is 11.5 Å². The second-order valence-corrected chi connectivity index (χ2v) is 7.74. The number of rotatable bonds is 10. The van der Waals surface area contributed by atoms with E-state index in [0.29, 0.717) is 36.7 Å². The maximum atomic E-state index is 12.4. The minimum absolute atomic E-state index is 0.0743. The van der Waals surface area contributed by atoms with Crippen molar-refractivity contribution in [3.63, 3.8) is 0 Å². The highest BCUT2D eigenvalue weighted by Crippen LogP contribution is 2.28. The van der Waals surface area contributed by atoms with Crippen LogP contribution in [0, 0.1) is 6.92 Å². The lowest BCUT2D eigenvalue weighted by Gasteiger charge is -2.15. The normalized spacial score (nSPS) is 12.0. The van der Waals surface area contributed by atoms with Crippen molar-refractivity contribution in [2.45, 2.75) is 39.6 Å². The number of halogens is 3. The van der Waals surface area contributed by atoms with Crippen LogP contribution in [0.1, 0.15) is 31.0 Å². The number of nitrogens with zero attached hydrogens (tertiary/aromatic N) is 2. The van der Waals surface area contributed by atoms with Crippen molar-refractivity contribution in [2.24, 2.45) is 0 Å². The van der Waals surface area contributed by atoms with Crippen LogP contribution in [0.15, 0.2) is 66.4 Å². The van der Waals surface area contributed by atoms with Gasteiger partial charge in [-0.3, -0.25) is 4.79 Å². The summed E-state index contributed by atoms with van der Waals surface area (Å²) in [7, 11) is 0. The number of imidazole rings is 1. The van der Waals surface area contributed by atoms with E-state index in [4.69, 9.17) is 9.84 Å². The van der Waals surface area contributed by atoms with Crippen molar-refractivity contribution in [3.05, 3.63) is 77.6 Å². The molecule has 2 aromatic carbocycles. The molecule has 1 heterocycles. The first kappa shape index (κ1) is 24.9. The minimum atomic E-state index is -4.75. The fourth-order valence-corrected chi connectivity index (χ4v) is 3.32. The average molecular weight is 474 g/mol. The lowest BCUT2D eigenvalue weighted by molar-refractivity contribution is -0.274. The number of aliphatic carboxylic acids is 1. The Morgan fingerprint density at radius 2 is 1.82 bits per heavy atom. The molecule has 0 aliphatic heterocycles. The van der Waals surface area contributed by atoms with E-state index in [0.717, 1.165) is 16.8 Å². The zero-order chi connectivity index (χ0) is 24.7. The highest BCUT2D eigenvalue weighted by atomic mass is 19.4. The summed E-state index contributed by atoms with van der Waals surface area (Å²) in [6, 6.07) is 13.1. The number of alkyl halides is 3. The third-order valence-corrected chi connectivity index (χ3v) is 5.11. The fourth-order valence-electron chi connectivity index (χ4n) is 3.32. The number of carbonyl (C=O) groups is 1. The van der Waals surface area contributed by atoms with E-state index in [2.05, 4.69) is 9.72 Å². The molecule has 3 aromatic rings. The van der Waals surface area contributed by atoms with Crippen LogP contribution in [-0.4, -0.2) is 33.6 Å². The third-order valence-electron chi connectivity index (χ3n) is 5.11. The van der Waals surface area contributed by atoms with Gasteiger partial charge in [-0.15, -0.1) is 13.2 Å². The Morgan fingerprint density at radius 3 is 2.50 bits per heavy atom. The van der Waals surface area contributed by atoms with Gasteiger partial charge in [-0.25, -0.2) is 4.98 Å². The number of hydrogen-bond donors (Lipinski definition) is 1. The number of aryl methyl sites for hydroxylation is 1. The lowest BCUT2D eigenvalue weighted by atomic mass is 10.1. The van der Waals surface area contributed by atoms with Crippen molar-refractivity contribution in [1.82, 2.24) is 9.55 Å². The third kappa shape index (κ3) is 7.13. The van der Waals surface area contributed by atoms with Crippen LogP contribution in [-0.2, 0) is 11.3 Å². The molecular formula is C25H25F3N2O4. The second kappa shape index (κ2) is 10.9. The smallest absolute Gasteiger partial charge is 0.489 e. The Balaban J connectivity index is 1.75. The Hall–Kier alpha value is -3.75. The van der Waals surface area contributed by atoms with Crippen LogP contribution >= 0.6 is 0 Å². The molecule has 0 fully saturated rings. The van der Waals surface area contributed by atoms with Crippen LogP contribution in [0.25, 0.3) is 11.4 Å². The van der Waals surface area contributed by atoms with E-state index in [1.54, 1.807) is 6.20 Å². The Kier molecular flexibility index (Phi) is 7.99. The molecule has 6 nitrogen and oxygen atoms in total. The summed E-state index contributed by atoms with van der Waals surface area (Å²) in [6.07, 6.45) is -0.647. The Labute approximate surface area is 195 Å². The molecule has 0 aliphatic rings. The predicted molar refractivity (Wildman–Crippen MR) is 121 cm³/mol. The molecule has 0 amide bonds. The summed E-state index contributed by atoms with van der Waals surface area (Å²) >= 11 is 0. The number of ether oxygens (including phenoxy) is 2. The summed E-state index contributed by atoms with van der Waals surface area (Å²) in [5, 5.41) is 8.79. The molecule has 1 aromatic heterocycles. The molecule has 0 unspecified atom stereocenters. The van der Waals surface area contributed by atoms with Gasteiger partial charge in [0.2, 0.25) is 0 Å². The van der Waals surface area contributed by atoms with E-state index >= 15 is 0 Å². The van der Waals surface area contributed by atoms with Crippen LogP contribution in [0.3, 0.4) is 0 Å². The second-order valence-electron chi connectivity index (χ2n) is 7.74. The largest absolute Gasteiger partial charge is 0.573 e. The van der Waals surface area contributed by atoms with Gasteiger partial charge in [0.1, 0.15) is 23.9 Å². The van der Waals surface area contributed by atoms with Gasteiger partial charge in [-0.05, 0) is 56.7 Å². The molecule has 0 saturated carbocycles. The van der Waals surface area contributed by atoms with Gasteiger partial charge < -0.3 is 19.1 Å². The van der Waals surface area contributed by atoms with Crippen molar-refractivity contribution >= 4 is 5.97 Å². The molecule has 0 aliphatic carbocycles. The van der Waals surface area contributed by atoms with Gasteiger partial charge in [0.15, 0.2) is 0 Å². The Bertz CT molecular complexity index is 1150. The zero-order valence-corrected chi connectivity index (χ0v) is 18.8. The molecule has 180 valence electrons. The molecule has 1 N–H and O–H groups in total. The van der Waals surface area contributed by atoms with Crippen molar-refractivity contribution in [2.75, 3.05) is 6.61 Å². The molecule has 0 radical (unpaired) electrons. The molecule has 0 atom stereocenters. The SMILES string of the molecule is C/C(=C\COc1ccccc1Cn1c(C)cnc1-c1ccc(OC(F)(F)F)cc1)CCC(=O)O. The van der Waals surface area contributed by atoms with E-state index in [1.807, 2.05) is 48.8 Å². The van der Waals surface area contributed by atoms with E-state index in [-0.39, 0.29) is 12.2 Å². The molecule has 0 spiro atoms. The number of benzene rings is 2. The Morgan fingerprint density at radius 1 is 1.12 bits per heavy atom. The van der Waals surface area contributed by atoms with E-state index in [9.17, 15) is 18.0 Å². The van der Waals surface area contributed by atoms with Crippen LogP contribution < -0.4 is 9.47 Å². The number of aromatic nitrogens is 2. The summed E-state index contributed by atoms with van der Waals surface area (Å²) in [5.74, 6) is 0.151. The summed E-state index contributed by atoms with van der Waals surface area (Å²) in [6.45, 7) is 4.51. The van der Waals surface area contributed by atoms with Crippen LogP contribution in [0.2, 0.25) is 0 Å². The fraction of sp³-hybridized carbons (Fsp3) is 0.280. The lowest BCUT2D eigenvalue weighted by Crippen LogP contribution is -2.17. The number of allylic oxidation sites excluding steroid dienone is 1. The van der Waals surface area contributed by atoms with Gasteiger partial charge in [0.25, 0.3) is 0 Å². The standard InChI is InChI=1S/C25H25F3N2O4/c1-17(7-12-23(31)32)13-14-33-22-6-4-3-5-20(22)16-30-18(2)15-29-24(30)19-8-10-21(11-9-19)34-25(26,27)28/h3-6,8-11,13,15H,7,12,14,16H2,1-2H3,(H,31,32)/b17-13+. The van der Waals surface area contributed by atoms with E-state index in [1.165, 1.54) is 24.3 Å². The van der Waals surface area contributed by atoms with Gasteiger partial charge in [-0.2, -0.15) is 0 Å². The maximum Gasteiger partial charge on any atom is 0.573 e. The van der Waals surface area contributed by atoms with E-state index < -0.39 is 12.3 Å². The number of para-hydroxylation sites is 1. The highest BCUT2D eigenvalue weighted by molar-refractivity contribution is 5.67. The summed E-state index contributed by atoms with van der Waals surface area (Å²) < 4.78 is 49.1. The number of hydrogen-bond acceptors (Lipinski definition) is 4. The molecule has 0 bridgehead atoms. The minimum Gasteiger partial charge on any atom is -0.489 e. The first-order valence-electron chi connectivity index (χ1n) is 10.6. The average Bonchev–Trinajstić information content (AvgIpc) is 3.13. The molecule has 3 rings (SSSR count). The highest BCUT2D eigenvalue weighted by Gasteiger charge is 2.31. The maximum absolute atomic E-state index is 12.4. The summed E-state index contributed by atoms with van der Waals surface area (Å²) in [5.41, 5.74) is 3.37. The van der Waals surface area contributed by atoms with Gasteiger partial charge in [0, 0.05) is 29.4 Å². The van der Waals surface area contributed by atoms with Gasteiger partial charge in [-0.1, -0.05) is 23.8 Å². The van der Waals surface area contributed by atoms with Crippen LogP contribution in [0.4, 0.5) is 13.2 Å². The molecule has 0 saturated heterocycles. The molecular weight excluding hydrogens is 449 g/mol. The van der Waals surface area contributed by atoms with Gasteiger partial charge in [0.05, 0.1) is 6.54 Å². The number of carboxylic acid groups (broad SMARTS) is 1. The van der Waals surface area contributed by atoms with Crippen molar-refractivity contribution < 1.29 is 32.5 Å². The zero-order valence-electron chi connectivity index (χ0n) is 18.8. The first-order chi connectivity index (χ1) is 16.1. The quantitative estimate of drug-likeness (QED) is 0.365. The van der Waals surface area contributed by atoms with Gasteiger partial charge >= 0.3 is 12.3 Å². The summed E-state index contributed by atoms with van der Waals surface area (Å²) in [4.78, 5) is 15.1. The number of carboxylic acids is 1.